The van der Waals surface area contributed by atoms with Crippen LogP contribution in [-0.2, 0) is 4.79 Å². The predicted octanol–water partition coefficient (Wildman–Crippen LogP) is 3.37. The van der Waals surface area contributed by atoms with Crippen molar-refractivity contribution in [3.63, 3.8) is 0 Å². The van der Waals surface area contributed by atoms with E-state index >= 15 is 0 Å². The molecular formula is C14H15BrN4O. The highest BCUT2D eigenvalue weighted by atomic mass is 79.9. The monoisotopic (exact) mass is 334 g/mol. The van der Waals surface area contributed by atoms with Crippen LogP contribution >= 0.6 is 15.9 Å². The number of ketones is 1. The van der Waals surface area contributed by atoms with Crippen molar-refractivity contribution in [2.24, 2.45) is 0 Å². The highest BCUT2D eigenvalue weighted by Crippen LogP contribution is 2.24. The van der Waals surface area contributed by atoms with Gasteiger partial charge < -0.3 is 10.6 Å². The first-order valence-electron chi connectivity index (χ1n) is 6.22. The van der Waals surface area contributed by atoms with E-state index in [0.717, 1.165) is 10.2 Å². The first-order valence-corrected chi connectivity index (χ1v) is 7.01. The van der Waals surface area contributed by atoms with Crippen molar-refractivity contribution in [1.29, 1.82) is 0 Å². The van der Waals surface area contributed by atoms with Crippen LogP contribution in [0.5, 0.6) is 0 Å². The predicted molar refractivity (Wildman–Crippen MR) is 83.2 cm³/mol. The Morgan fingerprint density at radius 1 is 1.25 bits per heavy atom. The van der Waals surface area contributed by atoms with Crippen LogP contribution in [0, 0.1) is 0 Å². The molecule has 0 aliphatic rings. The van der Waals surface area contributed by atoms with Crippen molar-refractivity contribution in [3.05, 3.63) is 41.1 Å². The number of benzene rings is 1. The maximum atomic E-state index is 10.9. The summed E-state index contributed by atoms with van der Waals surface area (Å²) in [6.07, 6.45) is 1.96. The van der Waals surface area contributed by atoms with Gasteiger partial charge in [-0.25, -0.2) is 9.97 Å². The molecule has 104 valence electrons. The summed E-state index contributed by atoms with van der Waals surface area (Å²) in [5.74, 6) is 1.53. The van der Waals surface area contributed by atoms with E-state index < -0.39 is 0 Å². The van der Waals surface area contributed by atoms with Gasteiger partial charge in [-0.1, -0.05) is 12.1 Å². The van der Waals surface area contributed by atoms with E-state index in [0.29, 0.717) is 24.6 Å². The number of halogens is 1. The van der Waals surface area contributed by atoms with Crippen molar-refractivity contribution in [2.75, 3.05) is 17.2 Å². The Labute approximate surface area is 126 Å². The molecule has 1 heterocycles. The fourth-order valence-corrected chi connectivity index (χ4v) is 1.97. The third kappa shape index (κ3) is 4.31. The molecule has 0 fully saturated rings. The highest BCUT2D eigenvalue weighted by molar-refractivity contribution is 9.10. The number of carbonyl (C=O) groups excluding carboxylic acids is 1. The molecular weight excluding hydrogens is 320 g/mol. The Morgan fingerprint density at radius 2 is 2.00 bits per heavy atom. The summed E-state index contributed by atoms with van der Waals surface area (Å²) in [4.78, 5) is 19.2. The van der Waals surface area contributed by atoms with Crippen molar-refractivity contribution in [1.82, 2.24) is 9.97 Å². The van der Waals surface area contributed by atoms with Crippen molar-refractivity contribution < 1.29 is 4.79 Å². The molecule has 0 saturated heterocycles. The van der Waals surface area contributed by atoms with E-state index in [4.69, 9.17) is 0 Å². The number of hydrogen-bond donors (Lipinski definition) is 2. The largest absolute Gasteiger partial charge is 0.369 e. The van der Waals surface area contributed by atoms with Crippen LogP contribution in [0.4, 0.5) is 17.3 Å². The van der Waals surface area contributed by atoms with Gasteiger partial charge in [0, 0.05) is 23.5 Å². The number of nitrogens with one attached hydrogen (secondary N) is 2. The fourth-order valence-electron chi connectivity index (χ4n) is 1.59. The molecule has 0 bridgehead atoms. The number of rotatable bonds is 6. The molecule has 0 aliphatic heterocycles. The lowest BCUT2D eigenvalue weighted by atomic mass is 10.3. The first-order chi connectivity index (χ1) is 9.65. The van der Waals surface area contributed by atoms with E-state index in [-0.39, 0.29) is 5.78 Å². The second-order valence-corrected chi connectivity index (χ2v) is 5.13. The normalized spacial score (nSPS) is 10.1. The van der Waals surface area contributed by atoms with Crippen molar-refractivity contribution >= 4 is 39.0 Å². The van der Waals surface area contributed by atoms with E-state index in [1.807, 2.05) is 24.3 Å². The van der Waals surface area contributed by atoms with Crippen molar-refractivity contribution in [3.8, 4) is 0 Å². The zero-order chi connectivity index (χ0) is 14.4. The second-order valence-electron chi connectivity index (χ2n) is 4.27. The Kier molecular flexibility index (Phi) is 5.06. The third-order valence-corrected chi connectivity index (χ3v) is 3.28. The summed E-state index contributed by atoms with van der Waals surface area (Å²) in [5, 5.41) is 6.30. The maximum absolute atomic E-state index is 10.9. The number of hydrogen-bond acceptors (Lipinski definition) is 5. The summed E-state index contributed by atoms with van der Waals surface area (Å²) >= 11 is 3.47. The Hall–Kier alpha value is -1.95. The third-order valence-electron chi connectivity index (χ3n) is 2.59. The lowest BCUT2D eigenvalue weighted by Crippen LogP contribution is -2.07. The van der Waals surface area contributed by atoms with Gasteiger partial charge in [-0.15, -0.1) is 0 Å². The van der Waals surface area contributed by atoms with Gasteiger partial charge in [0.2, 0.25) is 0 Å². The Morgan fingerprint density at radius 3 is 2.75 bits per heavy atom. The number of nitrogens with zero attached hydrogens (tertiary/aromatic N) is 2. The summed E-state index contributed by atoms with van der Waals surface area (Å²) in [6, 6.07) is 9.61. The molecule has 0 radical (unpaired) electrons. The molecule has 0 aliphatic carbocycles. The summed E-state index contributed by atoms with van der Waals surface area (Å²) < 4.78 is 0.963. The molecule has 0 unspecified atom stereocenters. The number of carbonyl (C=O) groups is 1. The molecule has 6 heteroatoms. The summed E-state index contributed by atoms with van der Waals surface area (Å²) in [6.45, 7) is 2.14. The van der Waals surface area contributed by atoms with Crippen LogP contribution in [0.1, 0.15) is 13.3 Å². The fraction of sp³-hybridized carbons (Fsp3) is 0.214. The number of aromatic nitrogens is 2. The van der Waals surface area contributed by atoms with Gasteiger partial charge in [0.1, 0.15) is 23.7 Å². The van der Waals surface area contributed by atoms with Crippen LogP contribution in [0.2, 0.25) is 0 Å². The average Bonchev–Trinajstić information content (AvgIpc) is 2.41. The number of Topliss-reactive ketones (excluding diaryl/α,β-unsaturated/α-hetero) is 1. The number of para-hydroxylation sites is 1. The molecule has 20 heavy (non-hydrogen) atoms. The molecule has 0 spiro atoms. The topological polar surface area (TPSA) is 66.9 Å². The Balaban J connectivity index is 2.02. The van der Waals surface area contributed by atoms with Gasteiger partial charge >= 0.3 is 0 Å². The van der Waals surface area contributed by atoms with Crippen molar-refractivity contribution in [2.45, 2.75) is 13.3 Å². The maximum Gasteiger partial charge on any atom is 0.135 e. The van der Waals surface area contributed by atoms with Crippen LogP contribution in [0.3, 0.4) is 0 Å². The zero-order valence-corrected chi connectivity index (χ0v) is 12.6. The minimum absolute atomic E-state index is 0.151. The van der Waals surface area contributed by atoms with Crippen LogP contribution in [0.15, 0.2) is 41.1 Å². The highest BCUT2D eigenvalue weighted by Gasteiger charge is 2.02. The quantitative estimate of drug-likeness (QED) is 0.847. The molecule has 2 rings (SSSR count). The molecule has 1 aromatic carbocycles. The van der Waals surface area contributed by atoms with Crippen LogP contribution in [0.25, 0.3) is 0 Å². The lowest BCUT2D eigenvalue weighted by molar-refractivity contribution is -0.116. The lowest BCUT2D eigenvalue weighted by Gasteiger charge is -2.09. The van der Waals surface area contributed by atoms with Gasteiger partial charge in [0.25, 0.3) is 0 Å². The molecule has 2 aromatic rings. The van der Waals surface area contributed by atoms with Crippen LogP contribution < -0.4 is 10.6 Å². The average molecular weight is 335 g/mol. The van der Waals surface area contributed by atoms with Crippen LogP contribution in [-0.4, -0.2) is 22.3 Å². The standard InChI is InChI=1S/C14H15BrN4O/c1-10(20)6-7-16-13-8-14(18-9-17-13)19-12-5-3-2-4-11(12)15/h2-5,8-9H,6-7H2,1H3,(H2,16,17,18,19). The van der Waals surface area contributed by atoms with Gasteiger partial charge in [-0.3, -0.25) is 4.79 Å². The van der Waals surface area contributed by atoms with E-state index in [9.17, 15) is 4.79 Å². The van der Waals surface area contributed by atoms with Gasteiger partial charge in [0.15, 0.2) is 0 Å². The van der Waals surface area contributed by atoms with Gasteiger partial charge in [0.05, 0.1) is 5.69 Å². The molecule has 1 aromatic heterocycles. The second kappa shape index (κ2) is 7.00. The SMILES string of the molecule is CC(=O)CCNc1cc(Nc2ccccc2Br)ncn1. The molecule has 0 amide bonds. The Bertz CT molecular complexity index is 603. The van der Waals surface area contributed by atoms with E-state index in [2.05, 4.69) is 36.5 Å². The van der Waals surface area contributed by atoms with Gasteiger partial charge in [-0.2, -0.15) is 0 Å². The number of anilines is 3. The molecule has 5 nitrogen and oxygen atoms in total. The van der Waals surface area contributed by atoms with E-state index in [1.165, 1.54) is 6.33 Å². The summed E-state index contributed by atoms with van der Waals surface area (Å²) in [7, 11) is 0. The zero-order valence-electron chi connectivity index (χ0n) is 11.1. The minimum Gasteiger partial charge on any atom is -0.369 e. The minimum atomic E-state index is 0.151. The smallest absolute Gasteiger partial charge is 0.135 e. The van der Waals surface area contributed by atoms with Gasteiger partial charge in [-0.05, 0) is 35.0 Å². The molecule has 2 N–H and O–H groups in total. The first kappa shape index (κ1) is 14.5. The molecule has 0 saturated carbocycles. The van der Waals surface area contributed by atoms with E-state index in [1.54, 1.807) is 13.0 Å². The molecule has 0 atom stereocenters. The summed E-state index contributed by atoms with van der Waals surface area (Å²) in [5.41, 5.74) is 0.931.